The highest BCUT2D eigenvalue weighted by Gasteiger charge is 2.29. The molecule has 1 aromatic rings. The Labute approximate surface area is 145 Å². The molecule has 130 valence electrons. The van der Waals surface area contributed by atoms with E-state index in [9.17, 15) is 8.42 Å². The van der Waals surface area contributed by atoms with Crippen molar-refractivity contribution in [2.45, 2.75) is 61.8 Å². The van der Waals surface area contributed by atoms with E-state index in [0.717, 1.165) is 12.8 Å². The van der Waals surface area contributed by atoms with Crippen LogP contribution in [0.2, 0.25) is 0 Å². The number of hydrogen-bond acceptors (Lipinski definition) is 3. The summed E-state index contributed by atoms with van der Waals surface area (Å²) in [4.78, 5) is 0.404. The van der Waals surface area contributed by atoms with Gasteiger partial charge in [-0.15, -0.1) is 12.4 Å². The maximum Gasteiger partial charge on any atom is 0.243 e. The van der Waals surface area contributed by atoms with Gasteiger partial charge in [0.1, 0.15) is 0 Å². The molecule has 3 rings (SSSR count). The molecule has 0 radical (unpaired) electrons. The molecule has 2 aliphatic rings. The number of nitrogens with zero attached hydrogens (tertiary/aromatic N) is 1. The van der Waals surface area contributed by atoms with Gasteiger partial charge in [-0.05, 0) is 49.3 Å². The summed E-state index contributed by atoms with van der Waals surface area (Å²) >= 11 is 0. The number of sulfonamides is 1. The van der Waals surface area contributed by atoms with Crippen molar-refractivity contribution < 1.29 is 8.42 Å². The van der Waals surface area contributed by atoms with Crippen LogP contribution in [0.5, 0.6) is 0 Å². The minimum absolute atomic E-state index is 0. The zero-order valence-corrected chi connectivity index (χ0v) is 15.1. The first-order valence-electron chi connectivity index (χ1n) is 8.43. The minimum atomic E-state index is -3.39. The summed E-state index contributed by atoms with van der Waals surface area (Å²) in [6, 6.07) is 7.53. The maximum atomic E-state index is 12.7. The quantitative estimate of drug-likeness (QED) is 0.901. The van der Waals surface area contributed by atoms with Gasteiger partial charge in [-0.25, -0.2) is 8.42 Å². The molecule has 1 saturated carbocycles. The molecule has 0 spiro atoms. The predicted molar refractivity (Wildman–Crippen MR) is 95.5 cm³/mol. The molecule has 0 aromatic heterocycles. The third kappa shape index (κ3) is 4.27. The van der Waals surface area contributed by atoms with Crippen LogP contribution in [0.25, 0.3) is 0 Å². The van der Waals surface area contributed by atoms with Gasteiger partial charge in [0.15, 0.2) is 0 Å². The van der Waals surface area contributed by atoms with Gasteiger partial charge in [-0.3, -0.25) is 0 Å². The molecule has 1 aromatic carbocycles. The van der Waals surface area contributed by atoms with Crippen LogP contribution < -0.4 is 5.73 Å². The summed E-state index contributed by atoms with van der Waals surface area (Å²) < 4.78 is 26.9. The second-order valence-electron chi connectivity index (χ2n) is 6.67. The van der Waals surface area contributed by atoms with E-state index in [4.69, 9.17) is 5.73 Å². The van der Waals surface area contributed by atoms with Crippen molar-refractivity contribution >= 4 is 22.4 Å². The number of benzene rings is 1. The van der Waals surface area contributed by atoms with E-state index in [1.54, 1.807) is 12.1 Å². The number of hydrogen-bond donors (Lipinski definition) is 1. The molecule has 1 aliphatic carbocycles. The van der Waals surface area contributed by atoms with Gasteiger partial charge in [0, 0.05) is 19.1 Å². The highest BCUT2D eigenvalue weighted by atomic mass is 35.5. The van der Waals surface area contributed by atoms with Gasteiger partial charge in [0.05, 0.1) is 4.90 Å². The SMILES string of the molecule is Cl.NC1CCCN(S(=O)(=O)c2ccc(C3CCCCC3)cc2)C1. The monoisotopic (exact) mass is 358 g/mol. The van der Waals surface area contributed by atoms with Crippen molar-refractivity contribution in [1.82, 2.24) is 4.31 Å². The lowest BCUT2D eigenvalue weighted by Gasteiger charge is -2.30. The molecule has 1 aliphatic heterocycles. The normalized spacial score (nSPS) is 24.1. The fourth-order valence-electron chi connectivity index (χ4n) is 3.69. The Morgan fingerprint density at radius 3 is 2.22 bits per heavy atom. The van der Waals surface area contributed by atoms with Crippen LogP contribution in [0.1, 0.15) is 56.4 Å². The summed E-state index contributed by atoms with van der Waals surface area (Å²) in [6.07, 6.45) is 8.12. The van der Waals surface area contributed by atoms with E-state index < -0.39 is 10.0 Å². The van der Waals surface area contributed by atoms with Crippen molar-refractivity contribution in [3.8, 4) is 0 Å². The Hall–Kier alpha value is -0.620. The average Bonchev–Trinajstić information content (AvgIpc) is 2.56. The first-order chi connectivity index (χ1) is 10.6. The van der Waals surface area contributed by atoms with Gasteiger partial charge in [-0.1, -0.05) is 31.4 Å². The van der Waals surface area contributed by atoms with E-state index >= 15 is 0 Å². The molecule has 0 bridgehead atoms. The van der Waals surface area contributed by atoms with E-state index in [1.165, 1.54) is 42.0 Å². The first kappa shape index (κ1) is 18.7. The molecule has 2 fully saturated rings. The van der Waals surface area contributed by atoms with Gasteiger partial charge in [0.2, 0.25) is 10.0 Å². The fourth-order valence-corrected chi connectivity index (χ4v) is 5.22. The predicted octanol–water partition coefficient (Wildman–Crippen LogP) is 3.27. The Balaban J connectivity index is 0.00000192. The maximum absolute atomic E-state index is 12.7. The number of rotatable bonds is 3. The Kier molecular flexibility index (Phi) is 6.48. The second-order valence-corrected chi connectivity index (χ2v) is 8.61. The Bertz CT molecular complexity index is 598. The van der Waals surface area contributed by atoms with E-state index in [-0.39, 0.29) is 18.4 Å². The van der Waals surface area contributed by atoms with Crippen LogP contribution in [-0.4, -0.2) is 31.9 Å². The van der Waals surface area contributed by atoms with Crippen molar-refractivity contribution in [1.29, 1.82) is 0 Å². The molecule has 4 nitrogen and oxygen atoms in total. The number of halogens is 1. The number of nitrogens with two attached hydrogens (primary N) is 1. The second kappa shape index (κ2) is 7.97. The van der Waals surface area contributed by atoms with Gasteiger partial charge in [-0.2, -0.15) is 4.31 Å². The summed E-state index contributed by atoms with van der Waals surface area (Å²) in [6.45, 7) is 1.02. The van der Waals surface area contributed by atoms with E-state index in [2.05, 4.69) is 0 Å². The minimum Gasteiger partial charge on any atom is -0.327 e. The highest BCUT2D eigenvalue weighted by molar-refractivity contribution is 7.89. The Morgan fingerprint density at radius 1 is 0.957 bits per heavy atom. The topological polar surface area (TPSA) is 63.4 Å². The van der Waals surface area contributed by atoms with Crippen molar-refractivity contribution in [2.24, 2.45) is 5.73 Å². The van der Waals surface area contributed by atoms with Crippen LogP contribution in [-0.2, 0) is 10.0 Å². The van der Waals surface area contributed by atoms with Crippen molar-refractivity contribution in [2.75, 3.05) is 13.1 Å². The van der Waals surface area contributed by atoms with Crippen LogP contribution in [0.4, 0.5) is 0 Å². The van der Waals surface area contributed by atoms with Crippen molar-refractivity contribution in [3.63, 3.8) is 0 Å². The lowest BCUT2D eigenvalue weighted by molar-refractivity contribution is 0.316. The lowest BCUT2D eigenvalue weighted by atomic mass is 9.84. The zero-order chi connectivity index (χ0) is 15.6. The molecule has 6 heteroatoms. The summed E-state index contributed by atoms with van der Waals surface area (Å²) in [5.74, 6) is 0.605. The van der Waals surface area contributed by atoms with Crippen LogP contribution in [0.3, 0.4) is 0 Å². The van der Waals surface area contributed by atoms with E-state index in [1.807, 2.05) is 12.1 Å². The molecule has 1 saturated heterocycles. The third-order valence-electron chi connectivity index (χ3n) is 5.02. The molecule has 1 atom stereocenters. The molecular weight excluding hydrogens is 332 g/mol. The first-order valence-corrected chi connectivity index (χ1v) is 9.87. The van der Waals surface area contributed by atoms with Gasteiger partial charge < -0.3 is 5.73 Å². The third-order valence-corrected chi connectivity index (χ3v) is 6.89. The molecule has 1 unspecified atom stereocenters. The molecule has 23 heavy (non-hydrogen) atoms. The number of piperidine rings is 1. The molecule has 1 heterocycles. The molecular formula is C17H27ClN2O2S. The lowest BCUT2D eigenvalue weighted by Crippen LogP contribution is -2.45. The smallest absolute Gasteiger partial charge is 0.243 e. The van der Waals surface area contributed by atoms with Crippen LogP contribution >= 0.6 is 12.4 Å². The summed E-state index contributed by atoms with van der Waals surface area (Å²) in [5.41, 5.74) is 7.20. The Morgan fingerprint density at radius 2 is 1.61 bits per heavy atom. The van der Waals surface area contributed by atoms with Crippen LogP contribution in [0, 0.1) is 0 Å². The summed E-state index contributed by atoms with van der Waals surface area (Å²) in [7, 11) is -3.39. The van der Waals surface area contributed by atoms with Crippen LogP contribution in [0.15, 0.2) is 29.2 Å². The fraction of sp³-hybridized carbons (Fsp3) is 0.647. The largest absolute Gasteiger partial charge is 0.327 e. The van der Waals surface area contributed by atoms with Gasteiger partial charge in [0.25, 0.3) is 0 Å². The zero-order valence-electron chi connectivity index (χ0n) is 13.5. The van der Waals surface area contributed by atoms with Gasteiger partial charge >= 0.3 is 0 Å². The summed E-state index contributed by atoms with van der Waals surface area (Å²) in [5, 5.41) is 0. The standard InChI is InChI=1S/C17H26N2O2S.ClH/c18-16-7-4-12-19(13-16)22(20,21)17-10-8-15(9-11-17)14-5-2-1-3-6-14;/h8-11,14,16H,1-7,12-13,18H2;1H. The molecule has 0 amide bonds. The average molecular weight is 359 g/mol. The van der Waals surface area contributed by atoms with E-state index in [0.29, 0.717) is 23.9 Å². The highest BCUT2D eigenvalue weighted by Crippen LogP contribution is 2.33. The van der Waals surface area contributed by atoms with Crippen molar-refractivity contribution in [3.05, 3.63) is 29.8 Å². The molecule has 2 N–H and O–H groups in total.